The van der Waals surface area contributed by atoms with Crippen molar-refractivity contribution in [2.24, 2.45) is 0 Å². The number of hydrogen-bond donors (Lipinski definition) is 2. The minimum absolute atomic E-state index is 0.00986. The Kier molecular flexibility index (Phi) is 2.77. The number of hydroxylamine groups is 1. The van der Waals surface area contributed by atoms with Crippen molar-refractivity contribution in [1.29, 1.82) is 0 Å². The number of halogens is 1. The Morgan fingerprint density at radius 1 is 1.63 bits per heavy atom. The molecule has 2 aliphatic rings. The van der Waals surface area contributed by atoms with Gasteiger partial charge >= 0.3 is 0 Å². The molecule has 2 N–H and O–H groups in total. The van der Waals surface area contributed by atoms with E-state index in [1.165, 1.54) is 11.5 Å². The van der Waals surface area contributed by atoms with Crippen LogP contribution in [0.5, 0.6) is 0 Å². The minimum Gasteiger partial charge on any atom is -0.292 e. The molecule has 2 atom stereocenters. The van der Waals surface area contributed by atoms with E-state index in [-0.39, 0.29) is 22.5 Å². The van der Waals surface area contributed by atoms with Gasteiger partial charge in [-0.1, -0.05) is 6.92 Å². The summed E-state index contributed by atoms with van der Waals surface area (Å²) < 4.78 is 14.2. The van der Waals surface area contributed by atoms with Gasteiger partial charge in [-0.25, -0.2) is 9.87 Å². The fraction of sp³-hybridized carbons (Fsp3) is 0.462. The normalized spacial score (nSPS) is 29.2. The molecule has 99 valence electrons. The number of hydrogen-bond acceptors (Lipinski definition) is 3. The summed E-state index contributed by atoms with van der Waals surface area (Å²) in [6, 6.07) is 2.92. The summed E-state index contributed by atoms with van der Waals surface area (Å²) in [6.45, 7) is 3.60. The Morgan fingerprint density at radius 2 is 2.37 bits per heavy atom. The first-order valence-electron chi connectivity index (χ1n) is 6.17. The van der Waals surface area contributed by atoms with Crippen molar-refractivity contribution >= 4 is 16.1 Å². The molecular weight excluding hydrogens is 263 g/mol. The smallest absolute Gasteiger partial charge is 0.274 e. The van der Waals surface area contributed by atoms with Crippen molar-refractivity contribution in [3.05, 3.63) is 34.6 Å². The van der Waals surface area contributed by atoms with Crippen LogP contribution in [0.15, 0.2) is 12.1 Å². The van der Waals surface area contributed by atoms with Crippen LogP contribution in [0.4, 0.5) is 4.39 Å². The number of carbonyl (C=O) groups is 1. The molecule has 3 radical (unpaired) electrons. The molecule has 2 heterocycles. The Morgan fingerprint density at radius 3 is 3.05 bits per heavy atom. The molecule has 1 aromatic rings. The number of carbonyl (C=O) groups excluding carboxylic acids is 1. The van der Waals surface area contributed by atoms with Crippen LogP contribution in [-0.4, -0.2) is 32.8 Å². The molecule has 0 bridgehead atoms. The van der Waals surface area contributed by atoms with E-state index in [0.29, 0.717) is 12.1 Å². The van der Waals surface area contributed by atoms with Gasteiger partial charge in [0.1, 0.15) is 5.82 Å². The molecule has 19 heavy (non-hydrogen) atoms. The van der Waals surface area contributed by atoms with Crippen LogP contribution < -0.4 is 5.48 Å². The van der Waals surface area contributed by atoms with Crippen LogP contribution in [0.2, 0.25) is 5.04 Å². The second-order valence-corrected chi connectivity index (χ2v) is 6.86. The molecule has 2 aliphatic heterocycles. The molecule has 0 aliphatic carbocycles. The second-order valence-electron chi connectivity index (χ2n) is 5.66. The van der Waals surface area contributed by atoms with E-state index in [0.717, 1.165) is 18.5 Å². The molecule has 4 nitrogen and oxygen atoms in total. The van der Waals surface area contributed by atoms with Gasteiger partial charge in [-0.3, -0.25) is 14.9 Å². The maximum atomic E-state index is 14.2. The Bertz CT molecular complexity index is 562. The van der Waals surface area contributed by atoms with Gasteiger partial charge in [0, 0.05) is 40.5 Å². The minimum atomic E-state index is -0.682. The van der Waals surface area contributed by atoms with E-state index >= 15 is 0 Å². The molecule has 1 fully saturated rings. The summed E-state index contributed by atoms with van der Waals surface area (Å²) in [5.74, 6) is -1.05. The number of fused-ring (bicyclic) bond motifs is 3. The number of nitrogens with one attached hydrogen (secondary N) is 1. The topological polar surface area (TPSA) is 52.6 Å². The van der Waals surface area contributed by atoms with Crippen molar-refractivity contribution in [3.63, 3.8) is 0 Å². The molecular formula is C13H14FN2O2Si. The highest BCUT2D eigenvalue weighted by Crippen LogP contribution is 2.51. The third kappa shape index (κ3) is 2.00. The van der Waals surface area contributed by atoms with Gasteiger partial charge < -0.3 is 0 Å². The summed E-state index contributed by atoms with van der Waals surface area (Å²) in [5, 5.41) is 8.63. The second kappa shape index (κ2) is 4.13. The van der Waals surface area contributed by atoms with Crippen molar-refractivity contribution in [2.45, 2.75) is 31.0 Å². The van der Waals surface area contributed by atoms with Gasteiger partial charge in [-0.05, 0) is 29.2 Å². The fourth-order valence-electron chi connectivity index (χ4n) is 3.22. The molecule has 1 saturated heterocycles. The van der Waals surface area contributed by atoms with Crippen LogP contribution in [0.3, 0.4) is 0 Å². The van der Waals surface area contributed by atoms with Crippen molar-refractivity contribution in [2.75, 3.05) is 6.54 Å². The van der Waals surface area contributed by atoms with E-state index in [2.05, 4.69) is 22.1 Å². The third-order valence-corrected chi connectivity index (χ3v) is 4.28. The summed E-state index contributed by atoms with van der Waals surface area (Å²) in [5.41, 5.74) is 3.22. The average Bonchev–Trinajstić information content (AvgIpc) is 2.78. The maximum absolute atomic E-state index is 14.2. The average molecular weight is 277 g/mol. The molecule has 0 spiro atoms. The third-order valence-electron chi connectivity index (χ3n) is 3.92. The zero-order valence-corrected chi connectivity index (χ0v) is 11.5. The predicted octanol–water partition coefficient (Wildman–Crippen LogP) is 1.55. The van der Waals surface area contributed by atoms with Crippen molar-refractivity contribution in [3.8, 4) is 0 Å². The highest BCUT2D eigenvalue weighted by atomic mass is 28.1. The number of amides is 1. The lowest BCUT2D eigenvalue weighted by molar-refractivity contribution is 0.0706. The summed E-state index contributed by atoms with van der Waals surface area (Å²) in [6.07, 6.45) is 0.847. The van der Waals surface area contributed by atoms with Gasteiger partial charge in [0.25, 0.3) is 5.91 Å². The quantitative estimate of drug-likeness (QED) is 0.465. The van der Waals surface area contributed by atoms with Gasteiger partial charge in [0.15, 0.2) is 0 Å². The molecule has 0 unspecified atom stereocenters. The summed E-state index contributed by atoms with van der Waals surface area (Å²) in [7, 11) is 3.72. The van der Waals surface area contributed by atoms with Gasteiger partial charge in [-0.2, -0.15) is 0 Å². The van der Waals surface area contributed by atoms with E-state index in [9.17, 15) is 9.18 Å². The first kappa shape index (κ1) is 12.8. The molecule has 3 rings (SSSR count). The van der Waals surface area contributed by atoms with Gasteiger partial charge in [0.2, 0.25) is 0 Å². The van der Waals surface area contributed by atoms with Crippen molar-refractivity contribution in [1.82, 2.24) is 10.4 Å². The first-order valence-corrected chi connectivity index (χ1v) is 6.67. The zero-order valence-electron chi connectivity index (χ0n) is 10.5. The lowest BCUT2D eigenvalue weighted by Crippen LogP contribution is -2.19. The Balaban J connectivity index is 2.01. The van der Waals surface area contributed by atoms with E-state index in [1.807, 2.05) is 0 Å². The van der Waals surface area contributed by atoms with E-state index in [4.69, 9.17) is 5.21 Å². The van der Waals surface area contributed by atoms with Crippen LogP contribution in [0, 0.1) is 5.82 Å². The fourth-order valence-corrected chi connectivity index (χ4v) is 3.62. The van der Waals surface area contributed by atoms with Crippen LogP contribution in [0.25, 0.3) is 0 Å². The Hall–Kier alpha value is -1.24. The predicted molar refractivity (Wildman–Crippen MR) is 67.5 cm³/mol. The maximum Gasteiger partial charge on any atom is 0.274 e. The van der Waals surface area contributed by atoms with E-state index < -0.39 is 5.91 Å². The van der Waals surface area contributed by atoms with Gasteiger partial charge in [0.05, 0.1) is 0 Å². The molecule has 0 aromatic heterocycles. The molecule has 1 amide bonds. The largest absolute Gasteiger partial charge is 0.292 e. The summed E-state index contributed by atoms with van der Waals surface area (Å²) >= 11 is 0. The lowest BCUT2D eigenvalue weighted by Gasteiger charge is -2.17. The first-order chi connectivity index (χ1) is 8.91. The number of benzene rings is 1. The monoisotopic (exact) mass is 277 g/mol. The lowest BCUT2D eigenvalue weighted by atomic mass is 9.96. The summed E-state index contributed by atoms with van der Waals surface area (Å²) in [4.78, 5) is 13.6. The number of rotatable bonds is 1. The van der Waals surface area contributed by atoms with Crippen molar-refractivity contribution < 1.29 is 14.4 Å². The highest BCUT2D eigenvalue weighted by Gasteiger charge is 2.44. The standard InChI is InChI=1S/C13H14FN2O2Si/c1-13(19)4-10-11-8(5-16(10)6-13)2-7(3-9(11)14)12(17)15-18/h2-3,10,18H,4-6H2,1H3,(H,15,17)/t10-,13+/m1/s1. The molecule has 6 heteroatoms. The van der Waals surface area contributed by atoms with Crippen LogP contribution >= 0.6 is 0 Å². The number of nitrogens with zero attached hydrogens (tertiary/aromatic N) is 1. The Labute approximate surface area is 114 Å². The van der Waals surface area contributed by atoms with Gasteiger partial charge in [-0.15, -0.1) is 0 Å². The molecule has 1 aromatic carbocycles. The zero-order chi connectivity index (χ0) is 13.8. The molecule has 0 saturated carbocycles. The highest BCUT2D eigenvalue weighted by molar-refractivity contribution is 6.15. The van der Waals surface area contributed by atoms with Crippen LogP contribution in [-0.2, 0) is 6.54 Å². The van der Waals surface area contributed by atoms with E-state index in [1.54, 1.807) is 6.07 Å². The SMILES string of the molecule is C[C@]1([Si])C[C@@H]2c3c(F)cc(C(=O)NO)cc3CN2C1. The van der Waals surface area contributed by atoms with Crippen LogP contribution in [0.1, 0.15) is 40.9 Å².